The van der Waals surface area contributed by atoms with E-state index in [-0.39, 0.29) is 24.2 Å². The largest absolute Gasteiger partial charge is 0.497 e. The van der Waals surface area contributed by atoms with E-state index in [1.54, 1.807) is 21.3 Å². The Kier molecular flexibility index (Phi) is 10.6. The van der Waals surface area contributed by atoms with E-state index in [0.29, 0.717) is 18.0 Å². The molecule has 0 aliphatic heterocycles. The van der Waals surface area contributed by atoms with E-state index >= 15 is 0 Å². The Bertz CT molecular complexity index is 854. The van der Waals surface area contributed by atoms with E-state index in [1.807, 2.05) is 48.5 Å². The van der Waals surface area contributed by atoms with Crippen LogP contribution in [0.2, 0.25) is 0 Å². The lowest BCUT2D eigenvalue weighted by Crippen LogP contribution is -2.35. The van der Waals surface area contributed by atoms with Crippen molar-refractivity contribution in [3.63, 3.8) is 0 Å². The predicted molar refractivity (Wildman–Crippen MR) is 127 cm³/mol. The SMILES string of the molecule is CCCCCC(c1ccc(OC)cc1OC)C(C(=O)NCCC(=O)NC)c1ccccc1. The molecule has 2 aromatic carbocycles. The van der Waals surface area contributed by atoms with Gasteiger partial charge in [0, 0.05) is 32.0 Å². The molecule has 2 atom stereocenters. The zero-order valence-electron chi connectivity index (χ0n) is 19.6. The molecule has 0 heterocycles. The number of hydrogen-bond acceptors (Lipinski definition) is 4. The van der Waals surface area contributed by atoms with Gasteiger partial charge in [0.1, 0.15) is 11.5 Å². The molecule has 2 rings (SSSR count). The van der Waals surface area contributed by atoms with Crippen LogP contribution in [-0.2, 0) is 9.59 Å². The van der Waals surface area contributed by atoms with Gasteiger partial charge in [0.15, 0.2) is 0 Å². The lowest BCUT2D eigenvalue weighted by molar-refractivity contribution is -0.123. The summed E-state index contributed by atoms with van der Waals surface area (Å²) in [5.41, 5.74) is 1.93. The second-order valence-electron chi connectivity index (χ2n) is 7.81. The van der Waals surface area contributed by atoms with Gasteiger partial charge in [0.2, 0.25) is 11.8 Å². The molecule has 2 amide bonds. The van der Waals surface area contributed by atoms with Crippen molar-refractivity contribution < 1.29 is 19.1 Å². The van der Waals surface area contributed by atoms with E-state index in [1.165, 1.54) is 0 Å². The van der Waals surface area contributed by atoms with Crippen molar-refractivity contribution in [2.24, 2.45) is 0 Å². The normalized spacial score (nSPS) is 12.5. The molecule has 0 aliphatic rings. The molecule has 6 heteroatoms. The number of carbonyl (C=O) groups is 2. The quantitative estimate of drug-likeness (QED) is 0.453. The van der Waals surface area contributed by atoms with Crippen LogP contribution in [0.5, 0.6) is 11.5 Å². The molecule has 0 saturated heterocycles. The Hall–Kier alpha value is -3.02. The molecule has 0 saturated carbocycles. The number of amides is 2. The number of ether oxygens (including phenoxy) is 2. The van der Waals surface area contributed by atoms with Crippen molar-refractivity contribution in [2.45, 2.75) is 50.9 Å². The van der Waals surface area contributed by atoms with Crippen LogP contribution >= 0.6 is 0 Å². The first-order valence-electron chi connectivity index (χ1n) is 11.3. The molecular formula is C26H36N2O4. The molecule has 2 aromatic rings. The average Bonchev–Trinajstić information content (AvgIpc) is 2.83. The smallest absolute Gasteiger partial charge is 0.228 e. The van der Waals surface area contributed by atoms with E-state index in [9.17, 15) is 9.59 Å². The molecule has 32 heavy (non-hydrogen) atoms. The van der Waals surface area contributed by atoms with Gasteiger partial charge in [-0.25, -0.2) is 0 Å². The van der Waals surface area contributed by atoms with Crippen LogP contribution in [0.15, 0.2) is 48.5 Å². The number of benzene rings is 2. The Balaban J connectivity index is 2.45. The first kappa shape index (κ1) is 25.2. The molecule has 0 spiro atoms. The summed E-state index contributed by atoms with van der Waals surface area (Å²) in [6, 6.07) is 15.6. The van der Waals surface area contributed by atoms with Gasteiger partial charge in [0.25, 0.3) is 0 Å². The average molecular weight is 441 g/mol. The Labute approximate surface area is 191 Å². The Morgan fingerprint density at radius 3 is 2.38 bits per heavy atom. The van der Waals surface area contributed by atoms with Gasteiger partial charge in [-0.2, -0.15) is 0 Å². The van der Waals surface area contributed by atoms with Gasteiger partial charge in [-0.3, -0.25) is 9.59 Å². The van der Waals surface area contributed by atoms with Gasteiger partial charge in [-0.15, -0.1) is 0 Å². The van der Waals surface area contributed by atoms with Crippen molar-refractivity contribution >= 4 is 11.8 Å². The van der Waals surface area contributed by atoms with Gasteiger partial charge in [-0.1, -0.05) is 62.6 Å². The predicted octanol–water partition coefficient (Wildman–Crippen LogP) is 4.40. The van der Waals surface area contributed by atoms with E-state index < -0.39 is 5.92 Å². The van der Waals surface area contributed by atoms with E-state index in [2.05, 4.69) is 17.6 Å². The highest BCUT2D eigenvalue weighted by Crippen LogP contribution is 2.42. The number of rotatable bonds is 13. The third-order valence-corrected chi connectivity index (χ3v) is 5.73. The summed E-state index contributed by atoms with van der Waals surface area (Å²) < 4.78 is 11.1. The lowest BCUT2D eigenvalue weighted by Gasteiger charge is -2.29. The molecule has 0 aromatic heterocycles. The highest BCUT2D eigenvalue weighted by molar-refractivity contribution is 5.85. The second-order valence-corrected chi connectivity index (χ2v) is 7.81. The van der Waals surface area contributed by atoms with Crippen LogP contribution in [0.4, 0.5) is 0 Å². The summed E-state index contributed by atoms with van der Waals surface area (Å²) >= 11 is 0. The van der Waals surface area contributed by atoms with E-state index in [0.717, 1.165) is 36.8 Å². The summed E-state index contributed by atoms with van der Waals surface area (Å²) in [6.45, 7) is 2.46. The van der Waals surface area contributed by atoms with Crippen molar-refractivity contribution in [2.75, 3.05) is 27.8 Å². The van der Waals surface area contributed by atoms with Crippen LogP contribution in [0.3, 0.4) is 0 Å². The maximum absolute atomic E-state index is 13.5. The van der Waals surface area contributed by atoms with Crippen LogP contribution in [-0.4, -0.2) is 39.6 Å². The van der Waals surface area contributed by atoms with Crippen molar-refractivity contribution in [1.82, 2.24) is 10.6 Å². The van der Waals surface area contributed by atoms with Crippen LogP contribution in [0.25, 0.3) is 0 Å². The molecule has 174 valence electrons. The topological polar surface area (TPSA) is 76.7 Å². The fourth-order valence-electron chi connectivity index (χ4n) is 4.00. The minimum absolute atomic E-state index is 0.0789. The third-order valence-electron chi connectivity index (χ3n) is 5.73. The first-order valence-corrected chi connectivity index (χ1v) is 11.3. The minimum Gasteiger partial charge on any atom is -0.497 e. The van der Waals surface area contributed by atoms with Crippen molar-refractivity contribution in [3.8, 4) is 11.5 Å². The summed E-state index contributed by atoms with van der Waals surface area (Å²) in [5.74, 6) is 0.760. The highest BCUT2D eigenvalue weighted by atomic mass is 16.5. The molecule has 2 unspecified atom stereocenters. The van der Waals surface area contributed by atoms with Crippen LogP contribution in [0.1, 0.15) is 62.0 Å². The van der Waals surface area contributed by atoms with Crippen LogP contribution < -0.4 is 20.1 Å². The zero-order valence-corrected chi connectivity index (χ0v) is 19.6. The maximum atomic E-state index is 13.5. The molecular weight excluding hydrogens is 404 g/mol. The number of hydrogen-bond donors (Lipinski definition) is 2. The number of nitrogens with one attached hydrogen (secondary N) is 2. The molecule has 0 fully saturated rings. The molecule has 0 bridgehead atoms. The molecule has 0 radical (unpaired) electrons. The van der Waals surface area contributed by atoms with Gasteiger partial charge in [-0.05, 0) is 23.6 Å². The fraction of sp³-hybridized carbons (Fsp3) is 0.462. The third kappa shape index (κ3) is 7.01. The van der Waals surface area contributed by atoms with Gasteiger partial charge >= 0.3 is 0 Å². The zero-order chi connectivity index (χ0) is 23.3. The summed E-state index contributed by atoms with van der Waals surface area (Å²) in [5, 5.41) is 5.57. The van der Waals surface area contributed by atoms with Crippen molar-refractivity contribution in [1.29, 1.82) is 0 Å². The number of carbonyl (C=O) groups excluding carboxylic acids is 2. The minimum atomic E-state index is -0.403. The fourth-order valence-corrected chi connectivity index (χ4v) is 4.00. The van der Waals surface area contributed by atoms with Crippen molar-refractivity contribution in [3.05, 3.63) is 59.7 Å². The summed E-state index contributed by atoms with van der Waals surface area (Å²) in [7, 11) is 4.86. The second kappa shape index (κ2) is 13.4. The maximum Gasteiger partial charge on any atom is 0.228 e. The van der Waals surface area contributed by atoms with Crippen LogP contribution in [0, 0.1) is 0 Å². The van der Waals surface area contributed by atoms with Gasteiger partial charge in [0.05, 0.1) is 20.1 Å². The molecule has 0 aliphatic carbocycles. The highest BCUT2D eigenvalue weighted by Gasteiger charge is 2.32. The van der Waals surface area contributed by atoms with E-state index in [4.69, 9.17) is 9.47 Å². The summed E-state index contributed by atoms with van der Waals surface area (Å²) in [6.07, 6.45) is 4.29. The standard InChI is InChI=1S/C26H36N2O4/c1-5-6-8-13-22(21-15-14-20(31-3)18-23(21)32-4)25(19-11-9-7-10-12-19)26(30)28-17-16-24(29)27-2/h7,9-12,14-15,18,22,25H,5-6,8,13,16-17H2,1-4H3,(H,27,29)(H,28,30). The van der Waals surface area contributed by atoms with Gasteiger partial charge < -0.3 is 20.1 Å². The summed E-state index contributed by atoms with van der Waals surface area (Å²) in [4.78, 5) is 25.1. The first-order chi connectivity index (χ1) is 15.5. The Morgan fingerprint density at radius 1 is 1.00 bits per heavy atom. The Morgan fingerprint density at radius 2 is 1.75 bits per heavy atom. The number of methoxy groups -OCH3 is 2. The molecule has 6 nitrogen and oxygen atoms in total. The lowest BCUT2D eigenvalue weighted by atomic mass is 9.77. The monoisotopic (exact) mass is 440 g/mol. The number of unbranched alkanes of at least 4 members (excludes halogenated alkanes) is 2. The molecule has 2 N–H and O–H groups in total.